The maximum absolute atomic E-state index is 14.2. The molecule has 0 radical (unpaired) electrons. The Morgan fingerprint density at radius 2 is 1.97 bits per heavy atom. The molecule has 2 aromatic rings. The first-order valence-electron chi connectivity index (χ1n) is 10.5. The van der Waals surface area contributed by atoms with Gasteiger partial charge in [0.05, 0.1) is 5.69 Å². The lowest BCUT2D eigenvalue weighted by molar-refractivity contribution is -0.139. The molecule has 29 heavy (non-hydrogen) atoms. The van der Waals surface area contributed by atoms with Gasteiger partial charge in [0.1, 0.15) is 11.6 Å². The molecule has 1 N–H and O–H groups in total. The standard InChI is InChI=1S/C24H26F2N2O/c1-14-7-17-13-28(21-4-3-18(25)8-20(21)26)6-5-19(17)15(2)23(14)27-22(29)12-24-9-16(10-24)11-24/h3-4,7-8,16H,5-6,9-13H2,1-2H3,(H,27,29). The maximum atomic E-state index is 14.2. The number of fused-ring (bicyclic) bond motifs is 1. The van der Waals surface area contributed by atoms with Crippen molar-refractivity contribution in [3.8, 4) is 0 Å². The average molecular weight is 396 g/mol. The van der Waals surface area contributed by atoms with E-state index in [1.54, 1.807) is 0 Å². The van der Waals surface area contributed by atoms with Gasteiger partial charge in [-0.15, -0.1) is 0 Å². The van der Waals surface area contributed by atoms with Crippen LogP contribution in [0.15, 0.2) is 24.3 Å². The Hall–Kier alpha value is -2.43. The lowest BCUT2D eigenvalue weighted by Crippen LogP contribution is -2.53. The Morgan fingerprint density at radius 1 is 1.21 bits per heavy atom. The smallest absolute Gasteiger partial charge is 0.224 e. The zero-order valence-corrected chi connectivity index (χ0v) is 16.9. The van der Waals surface area contributed by atoms with E-state index in [4.69, 9.17) is 0 Å². The zero-order chi connectivity index (χ0) is 20.3. The van der Waals surface area contributed by atoms with Crippen LogP contribution in [0.3, 0.4) is 0 Å². The van der Waals surface area contributed by atoms with Gasteiger partial charge in [0.15, 0.2) is 0 Å². The molecule has 1 amide bonds. The molecular formula is C24H26F2N2O. The molecule has 3 fully saturated rings. The lowest BCUT2D eigenvalue weighted by atomic mass is 9.43. The number of rotatable bonds is 4. The van der Waals surface area contributed by atoms with Crippen LogP contribution in [0.4, 0.5) is 20.2 Å². The second kappa shape index (κ2) is 6.54. The summed E-state index contributed by atoms with van der Waals surface area (Å²) in [5.41, 5.74) is 6.19. The molecule has 0 atom stereocenters. The third kappa shape index (κ3) is 3.11. The molecule has 0 aromatic heterocycles. The number of aryl methyl sites for hydroxylation is 1. The summed E-state index contributed by atoms with van der Waals surface area (Å²) in [5, 5.41) is 3.18. The topological polar surface area (TPSA) is 32.3 Å². The van der Waals surface area contributed by atoms with Crippen molar-refractivity contribution in [2.24, 2.45) is 11.3 Å². The highest BCUT2D eigenvalue weighted by Gasteiger charge is 2.56. The number of hydrogen-bond donors (Lipinski definition) is 1. The SMILES string of the molecule is Cc1cc2c(c(C)c1NC(=O)CC13CC(C1)C3)CCN(c1ccc(F)cc1F)C2. The third-order valence-electron chi connectivity index (χ3n) is 7.21. The molecule has 5 heteroatoms. The summed E-state index contributed by atoms with van der Waals surface area (Å²) in [6, 6.07) is 5.85. The van der Waals surface area contributed by atoms with Gasteiger partial charge in [-0.3, -0.25) is 4.79 Å². The monoisotopic (exact) mass is 396 g/mol. The fourth-order valence-electron chi connectivity index (χ4n) is 5.66. The number of amides is 1. The largest absolute Gasteiger partial charge is 0.364 e. The van der Waals surface area contributed by atoms with E-state index >= 15 is 0 Å². The summed E-state index contributed by atoms with van der Waals surface area (Å²) in [5.74, 6) is -0.0852. The molecule has 1 heterocycles. The highest BCUT2D eigenvalue weighted by molar-refractivity contribution is 5.93. The first kappa shape index (κ1) is 18.6. The molecular weight excluding hydrogens is 370 g/mol. The van der Waals surface area contributed by atoms with E-state index < -0.39 is 11.6 Å². The van der Waals surface area contributed by atoms with Crippen molar-refractivity contribution in [2.75, 3.05) is 16.8 Å². The van der Waals surface area contributed by atoms with Crippen LogP contribution in [0.5, 0.6) is 0 Å². The van der Waals surface area contributed by atoms with Gasteiger partial charge in [-0.2, -0.15) is 0 Å². The molecule has 0 unspecified atom stereocenters. The number of carbonyl (C=O) groups excluding carboxylic acids is 1. The van der Waals surface area contributed by atoms with Gasteiger partial charge in [-0.1, -0.05) is 6.07 Å². The Morgan fingerprint density at radius 3 is 2.62 bits per heavy atom. The normalized spacial score (nSPS) is 24.4. The van der Waals surface area contributed by atoms with E-state index in [9.17, 15) is 13.6 Å². The predicted molar refractivity (Wildman–Crippen MR) is 110 cm³/mol. The Bertz CT molecular complexity index is 999. The highest BCUT2D eigenvalue weighted by atomic mass is 19.1. The van der Waals surface area contributed by atoms with E-state index in [0.29, 0.717) is 30.6 Å². The van der Waals surface area contributed by atoms with Gasteiger partial charge in [0.2, 0.25) is 5.91 Å². The number of hydrogen-bond acceptors (Lipinski definition) is 2. The van der Waals surface area contributed by atoms with Crippen LogP contribution in [-0.4, -0.2) is 12.5 Å². The van der Waals surface area contributed by atoms with Crippen LogP contribution in [-0.2, 0) is 17.8 Å². The lowest BCUT2D eigenvalue weighted by Gasteiger charge is -2.61. The van der Waals surface area contributed by atoms with Crippen LogP contribution in [0, 0.1) is 36.8 Å². The average Bonchev–Trinajstić information content (AvgIpc) is 2.60. The van der Waals surface area contributed by atoms with Crippen molar-refractivity contribution in [2.45, 2.75) is 52.5 Å². The highest BCUT2D eigenvalue weighted by Crippen LogP contribution is 2.66. The molecule has 3 nitrogen and oxygen atoms in total. The summed E-state index contributed by atoms with van der Waals surface area (Å²) in [7, 11) is 0. The first-order valence-corrected chi connectivity index (χ1v) is 10.5. The molecule has 6 rings (SSSR count). The minimum atomic E-state index is -0.561. The van der Waals surface area contributed by atoms with Gasteiger partial charge < -0.3 is 10.2 Å². The van der Waals surface area contributed by atoms with E-state index in [1.165, 1.54) is 37.0 Å². The van der Waals surface area contributed by atoms with Crippen LogP contribution >= 0.6 is 0 Å². The second-order valence-corrected chi connectivity index (χ2v) is 9.30. The molecule has 0 saturated heterocycles. The predicted octanol–water partition coefficient (Wildman–Crippen LogP) is 5.27. The first-order chi connectivity index (χ1) is 13.8. The van der Waals surface area contributed by atoms with Crippen molar-refractivity contribution in [1.82, 2.24) is 0 Å². The fraction of sp³-hybridized carbons (Fsp3) is 0.458. The van der Waals surface area contributed by atoms with Crippen molar-refractivity contribution in [3.63, 3.8) is 0 Å². The number of nitrogens with one attached hydrogen (secondary N) is 1. The van der Waals surface area contributed by atoms with Gasteiger partial charge >= 0.3 is 0 Å². The van der Waals surface area contributed by atoms with E-state index in [2.05, 4.69) is 18.3 Å². The van der Waals surface area contributed by atoms with Gasteiger partial charge in [0, 0.05) is 31.3 Å². The molecule has 1 aliphatic heterocycles. The number of anilines is 2. The number of halogens is 2. The Kier molecular flexibility index (Phi) is 4.19. The number of benzene rings is 2. The molecule has 152 valence electrons. The van der Waals surface area contributed by atoms with Crippen LogP contribution in [0.2, 0.25) is 0 Å². The molecule has 2 bridgehead atoms. The van der Waals surface area contributed by atoms with Crippen molar-refractivity contribution in [1.29, 1.82) is 0 Å². The van der Waals surface area contributed by atoms with E-state index in [0.717, 1.165) is 40.8 Å². The second-order valence-electron chi connectivity index (χ2n) is 9.30. The minimum absolute atomic E-state index is 0.125. The number of carbonyl (C=O) groups is 1. The van der Waals surface area contributed by atoms with Crippen molar-refractivity contribution >= 4 is 17.3 Å². The molecule has 4 aliphatic rings. The van der Waals surface area contributed by atoms with Crippen molar-refractivity contribution in [3.05, 3.63) is 58.2 Å². The summed E-state index contributed by atoms with van der Waals surface area (Å²) in [6.07, 6.45) is 5.07. The van der Waals surface area contributed by atoms with Gasteiger partial charge in [0.25, 0.3) is 0 Å². The van der Waals surface area contributed by atoms with Crippen LogP contribution < -0.4 is 10.2 Å². The summed E-state index contributed by atoms with van der Waals surface area (Å²) in [6.45, 7) is 5.33. The summed E-state index contributed by atoms with van der Waals surface area (Å²) < 4.78 is 27.5. The van der Waals surface area contributed by atoms with Crippen molar-refractivity contribution < 1.29 is 13.6 Å². The van der Waals surface area contributed by atoms with Crippen LogP contribution in [0.1, 0.15) is 47.9 Å². The summed E-state index contributed by atoms with van der Waals surface area (Å²) in [4.78, 5) is 14.6. The number of nitrogens with zero attached hydrogens (tertiary/aromatic N) is 1. The zero-order valence-electron chi connectivity index (χ0n) is 16.9. The minimum Gasteiger partial charge on any atom is -0.364 e. The summed E-state index contributed by atoms with van der Waals surface area (Å²) >= 11 is 0. The van der Waals surface area contributed by atoms with Gasteiger partial charge in [-0.05, 0) is 85.3 Å². The Balaban J connectivity index is 1.36. The molecule has 2 aromatic carbocycles. The van der Waals surface area contributed by atoms with E-state index in [-0.39, 0.29) is 5.91 Å². The maximum Gasteiger partial charge on any atom is 0.224 e. The Labute approximate surface area is 170 Å². The quantitative estimate of drug-likeness (QED) is 0.763. The van der Waals surface area contributed by atoms with Gasteiger partial charge in [-0.25, -0.2) is 8.78 Å². The molecule has 0 spiro atoms. The molecule has 3 aliphatic carbocycles. The van der Waals surface area contributed by atoms with Crippen LogP contribution in [0.25, 0.3) is 0 Å². The fourth-order valence-corrected chi connectivity index (χ4v) is 5.66. The molecule has 3 saturated carbocycles. The van der Waals surface area contributed by atoms with E-state index in [1.807, 2.05) is 11.8 Å². The third-order valence-corrected chi connectivity index (χ3v) is 7.21.